The van der Waals surface area contributed by atoms with E-state index in [0.29, 0.717) is 0 Å². The minimum Gasteiger partial charge on any atom is -0.388 e. The van der Waals surface area contributed by atoms with Crippen molar-refractivity contribution in [3.63, 3.8) is 0 Å². The van der Waals surface area contributed by atoms with Crippen molar-refractivity contribution in [1.29, 1.82) is 0 Å². The number of aliphatic hydroxyl groups excluding tert-OH is 1. The van der Waals surface area contributed by atoms with E-state index in [1.807, 2.05) is 6.92 Å². The van der Waals surface area contributed by atoms with Crippen molar-refractivity contribution in [3.8, 4) is 0 Å². The maximum atomic E-state index is 9.38. The second-order valence-corrected chi connectivity index (χ2v) is 4.80. The van der Waals surface area contributed by atoms with Gasteiger partial charge in [0, 0.05) is 15.7 Å². The van der Waals surface area contributed by atoms with Crippen LogP contribution in [0.4, 0.5) is 0 Å². The van der Waals surface area contributed by atoms with E-state index in [1.165, 1.54) is 30.6 Å². The Hall–Kier alpha value is -0.340. The molecule has 1 atom stereocenters. The summed E-state index contributed by atoms with van der Waals surface area (Å²) >= 11 is 1.75. The Morgan fingerprint density at radius 2 is 2.00 bits per heavy atom. The number of thiophene rings is 1. The fraction of sp³-hybridized carbons (Fsp3) is 0.545. The monoisotopic (exact) mass is 195 g/mol. The molecule has 1 saturated carbocycles. The summed E-state index contributed by atoms with van der Waals surface area (Å²) in [5.74, 6) is 1.59. The van der Waals surface area contributed by atoms with Crippen molar-refractivity contribution >= 4 is 11.3 Å². The molecular formula is C11H15OS. The lowest BCUT2D eigenvalue weighted by molar-refractivity contribution is 0.203. The molecule has 1 heterocycles. The average Bonchev–Trinajstić information content (AvgIpc) is 2.75. The van der Waals surface area contributed by atoms with Gasteiger partial charge in [-0.25, -0.2) is 0 Å². The van der Waals surface area contributed by atoms with Crippen LogP contribution in [0.15, 0.2) is 12.1 Å². The van der Waals surface area contributed by atoms with Gasteiger partial charge in [-0.2, -0.15) is 0 Å². The van der Waals surface area contributed by atoms with E-state index in [0.717, 1.165) is 4.88 Å². The van der Waals surface area contributed by atoms with Crippen LogP contribution in [-0.4, -0.2) is 5.11 Å². The highest BCUT2D eigenvalue weighted by molar-refractivity contribution is 7.12. The van der Waals surface area contributed by atoms with Crippen LogP contribution >= 0.6 is 11.3 Å². The molecule has 1 aliphatic rings. The van der Waals surface area contributed by atoms with Gasteiger partial charge in [0.15, 0.2) is 0 Å². The van der Waals surface area contributed by atoms with Crippen LogP contribution in [0.2, 0.25) is 0 Å². The minimum absolute atomic E-state index is 0.305. The molecule has 13 heavy (non-hydrogen) atoms. The average molecular weight is 195 g/mol. The highest BCUT2D eigenvalue weighted by atomic mass is 32.1. The van der Waals surface area contributed by atoms with Crippen LogP contribution < -0.4 is 0 Å². The van der Waals surface area contributed by atoms with E-state index in [-0.39, 0.29) is 6.10 Å². The fourth-order valence-electron chi connectivity index (χ4n) is 1.82. The molecule has 71 valence electrons. The lowest BCUT2D eigenvalue weighted by atomic mass is 10.1. The molecule has 1 aromatic heterocycles. The van der Waals surface area contributed by atoms with E-state index in [9.17, 15) is 5.11 Å². The first-order valence-electron chi connectivity index (χ1n) is 4.90. The largest absolute Gasteiger partial charge is 0.388 e. The summed E-state index contributed by atoms with van der Waals surface area (Å²) in [5.41, 5.74) is 0. The van der Waals surface area contributed by atoms with Gasteiger partial charge >= 0.3 is 0 Å². The Kier molecular flexibility index (Phi) is 2.70. The van der Waals surface area contributed by atoms with E-state index >= 15 is 0 Å². The normalized spacial score (nSPS) is 20.8. The van der Waals surface area contributed by atoms with Gasteiger partial charge in [-0.15, -0.1) is 11.3 Å². The first kappa shape index (κ1) is 9.22. The molecule has 1 fully saturated rings. The first-order valence-corrected chi connectivity index (χ1v) is 5.72. The van der Waals surface area contributed by atoms with Crippen molar-refractivity contribution in [3.05, 3.63) is 27.8 Å². The third-order valence-electron chi connectivity index (χ3n) is 2.59. The summed E-state index contributed by atoms with van der Waals surface area (Å²) in [6, 6.07) is 4.21. The Morgan fingerprint density at radius 1 is 1.31 bits per heavy atom. The zero-order valence-corrected chi connectivity index (χ0v) is 8.73. The SMILES string of the molecule is CC(O)c1ccc([C]2CCCC2)s1. The molecule has 0 aliphatic heterocycles. The second kappa shape index (κ2) is 3.81. The molecule has 0 amide bonds. The Bertz CT molecular complexity index is 271. The van der Waals surface area contributed by atoms with Gasteiger partial charge in [-0.3, -0.25) is 0 Å². The molecule has 1 nitrogen and oxygen atoms in total. The number of hydrogen-bond acceptors (Lipinski definition) is 2. The van der Waals surface area contributed by atoms with Crippen LogP contribution in [0.3, 0.4) is 0 Å². The predicted octanol–water partition coefficient (Wildman–Crippen LogP) is 3.30. The van der Waals surface area contributed by atoms with Gasteiger partial charge in [-0.05, 0) is 31.9 Å². The highest BCUT2D eigenvalue weighted by Gasteiger charge is 2.19. The lowest BCUT2D eigenvalue weighted by Crippen LogP contribution is -1.87. The van der Waals surface area contributed by atoms with Gasteiger partial charge < -0.3 is 5.11 Å². The minimum atomic E-state index is -0.305. The molecular weight excluding hydrogens is 180 g/mol. The van der Waals surface area contributed by atoms with Crippen LogP contribution in [0.1, 0.15) is 48.5 Å². The molecule has 0 aromatic carbocycles. The lowest BCUT2D eigenvalue weighted by Gasteiger charge is -2.03. The van der Waals surface area contributed by atoms with E-state index in [1.54, 1.807) is 17.3 Å². The molecule has 0 bridgehead atoms. The summed E-state index contributed by atoms with van der Waals surface area (Å²) in [4.78, 5) is 2.49. The maximum absolute atomic E-state index is 9.38. The van der Waals surface area contributed by atoms with Crippen LogP contribution in [0.5, 0.6) is 0 Å². The summed E-state index contributed by atoms with van der Waals surface area (Å²) in [7, 11) is 0. The summed E-state index contributed by atoms with van der Waals surface area (Å²) in [6.07, 6.45) is 4.91. The fourth-order valence-corrected chi connectivity index (χ4v) is 2.86. The quantitative estimate of drug-likeness (QED) is 0.767. The first-order chi connectivity index (χ1) is 6.27. The van der Waals surface area contributed by atoms with Crippen LogP contribution in [-0.2, 0) is 0 Å². The summed E-state index contributed by atoms with van der Waals surface area (Å²) < 4.78 is 0. The Labute approximate surface area is 83.4 Å². The molecule has 2 heteroatoms. The smallest absolute Gasteiger partial charge is 0.0854 e. The highest BCUT2D eigenvalue weighted by Crippen LogP contribution is 2.37. The van der Waals surface area contributed by atoms with Gasteiger partial charge in [0.1, 0.15) is 0 Å². The number of hydrogen-bond donors (Lipinski definition) is 1. The van der Waals surface area contributed by atoms with Gasteiger partial charge in [0.2, 0.25) is 0 Å². The van der Waals surface area contributed by atoms with E-state index < -0.39 is 0 Å². The van der Waals surface area contributed by atoms with Gasteiger partial charge in [-0.1, -0.05) is 12.8 Å². The third kappa shape index (κ3) is 1.94. The van der Waals surface area contributed by atoms with Crippen molar-refractivity contribution in [1.82, 2.24) is 0 Å². The van der Waals surface area contributed by atoms with Crippen molar-refractivity contribution < 1.29 is 5.11 Å². The molecule has 0 spiro atoms. The van der Waals surface area contributed by atoms with Crippen molar-refractivity contribution in [2.24, 2.45) is 0 Å². The molecule has 1 radical (unpaired) electrons. The Morgan fingerprint density at radius 3 is 2.54 bits per heavy atom. The van der Waals surface area contributed by atoms with E-state index in [4.69, 9.17) is 0 Å². The summed E-state index contributed by atoms with van der Waals surface area (Å²) in [6.45, 7) is 1.83. The maximum Gasteiger partial charge on any atom is 0.0854 e. The molecule has 1 aliphatic carbocycles. The van der Waals surface area contributed by atoms with Crippen molar-refractivity contribution in [2.45, 2.75) is 38.7 Å². The molecule has 1 unspecified atom stereocenters. The van der Waals surface area contributed by atoms with Crippen LogP contribution in [0.25, 0.3) is 0 Å². The molecule has 2 rings (SSSR count). The second-order valence-electron chi connectivity index (χ2n) is 3.69. The van der Waals surface area contributed by atoms with Gasteiger partial charge in [0.25, 0.3) is 0 Å². The zero-order valence-electron chi connectivity index (χ0n) is 7.92. The van der Waals surface area contributed by atoms with Gasteiger partial charge in [0.05, 0.1) is 6.10 Å². The number of aliphatic hydroxyl groups is 1. The molecule has 1 aromatic rings. The predicted molar refractivity (Wildman–Crippen MR) is 55.8 cm³/mol. The van der Waals surface area contributed by atoms with E-state index in [2.05, 4.69) is 12.1 Å². The number of rotatable bonds is 2. The molecule has 0 saturated heterocycles. The standard InChI is InChI=1S/C11H15OS/c1-8(12)10-6-7-11(13-10)9-4-2-3-5-9/h6-8,12H,2-5H2,1H3. The Balaban J connectivity index is 2.12. The topological polar surface area (TPSA) is 20.2 Å². The zero-order chi connectivity index (χ0) is 9.26. The summed E-state index contributed by atoms with van der Waals surface area (Å²) in [5, 5.41) is 9.38. The van der Waals surface area contributed by atoms with Crippen molar-refractivity contribution in [2.75, 3.05) is 0 Å². The molecule has 1 N–H and O–H groups in total. The third-order valence-corrected chi connectivity index (χ3v) is 3.95. The van der Waals surface area contributed by atoms with Crippen LogP contribution in [0, 0.1) is 5.92 Å².